The van der Waals surface area contributed by atoms with Crippen molar-refractivity contribution in [2.75, 3.05) is 11.1 Å². The Balaban J connectivity index is 2.21. The molecule has 0 radical (unpaired) electrons. The second-order valence-electron chi connectivity index (χ2n) is 5.45. The van der Waals surface area contributed by atoms with Gasteiger partial charge in [-0.05, 0) is 10.8 Å². The summed E-state index contributed by atoms with van der Waals surface area (Å²) in [6.07, 6.45) is 1.52. The van der Waals surface area contributed by atoms with Crippen molar-refractivity contribution in [2.45, 2.75) is 33.7 Å². The van der Waals surface area contributed by atoms with Crippen LogP contribution < -0.4 is 11.1 Å². The predicted octanol–water partition coefficient (Wildman–Crippen LogP) is 2.56. The topological polar surface area (TPSA) is 63.8 Å². The Hall–Kier alpha value is -1.03. The lowest BCUT2D eigenvalue weighted by Gasteiger charge is -2.09. The largest absolute Gasteiger partial charge is 0.368 e. The molecule has 0 spiro atoms. The number of nitrogens with two attached hydrogens (primary N) is 1. The third kappa shape index (κ3) is 1.52. The minimum absolute atomic E-state index is 0.232. The van der Waals surface area contributed by atoms with Crippen LogP contribution in [0.5, 0.6) is 0 Å². The maximum Gasteiger partial charge on any atom is 0.222 e. The molecule has 0 bridgehead atoms. The third-order valence-electron chi connectivity index (χ3n) is 4.06. The fraction of sp³-hybridized carbons (Fsp3) is 0.636. The molecule has 0 atom stereocenters. The lowest BCUT2D eigenvalue weighted by atomic mass is 10.0. The Labute approximate surface area is 101 Å². The summed E-state index contributed by atoms with van der Waals surface area (Å²) in [4.78, 5) is 7.94. The van der Waals surface area contributed by atoms with Gasteiger partial charge < -0.3 is 11.1 Å². The summed E-state index contributed by atoms with van der Waals surface area (Å²) in [5.41, 5.74) is 6.00. The van der Waals surface area contributed by atoms with Crippen LogP contribution in [0.4, 0.5) is 11.8 Å². The average Bonchev–Trinajstić information content (AvgIpc) is 2.54. The first-order valence-corrected chi connectivity index (χ1v) is 5.69. The SMILES string of the molecule is CC1(C)C(Nc2nc(N)ncc2Cl)C1(C)C. The Morgan fingerprint density at radius 2 is 1.88 bits per heavy atom. The molecule has 16 heavy (non-hydrogen) atoms. The van der Waals surface area contributed by atoms with Gasteiger partial charge in [-0.3, -0.25) is 0 Å². The van der Waals surface area contributed by atoms with E-state index in [9.17, 15) is 0 Å². The van der Waals surface area contributed by atoms with Crippen molar-refractivity contribution in [3.63, 3.8) is 0 Å². The van der Waals surface area contributed by atoms with Crippen molar-refractivity contribution >= 4 is 23.4 Å². The number of nitrogens with one attached hydrogen (secondary N) is 1. The molecule has 88 valence electrons. The second-order valence-corrected chi connectivity index (χ2v) is 5.85. The zero-order valence-electron chi connectivity index (χ0n) is 10.0. The molecule has 1 aromatic heterocycles. The number of hydrogen-bond acceptors (Lipinski definition) is 4. The van der Waals surface area contributed by atoms with Crippen molar-refractivity contribution in [1.82, 2.24) is 9.97 Å². The molecule has 0 unspecified atom stereocenters. The molecule has 1 aliphatic rings. The standard InChI is InChI=1S/C11H17ClN4/c1-10(2)8(11(10,3)4)15-7-6(12)5-14-9(13)16-7/h5,8H,1-4H3,(H3,13,14,15,16). The average molecular weight is 241 g/mol. The molecule has 1 heterocycles. The Bertz CT molecular complexity index is 414. The molecule has 1 aliphatic carbocycles. The second kappa shape index (κ2) is 3.23. The molecule has 1 saturated carbocycles. The lowest BCUT2D eigenvalue weighted by Crippen LogP contribution is -2.12. The summed E-state index contributed by atoms with van der Waals surface area (Å²) in [6.45, 7) is 8.90. The minimum atomic E-state index is 0.232. The van der Waals surface area contributed by atoms with Crippen LogP contribution in [0.2, 0.25) is 5.02 Å². The van der Waals surface area contributed by atoms with Gasteiger partial charge in [0, 0.05) is 6.04 Å². The van der Waals surface area contributed by atoms with Crippen molar-refractivity contribution < 1.29 is 0 Å². The van der Waals surface area contributed by atoms with Crippen LogP contribution in [-0.4, -0.2) is 16.0 Å². The van der Waals surface area contributed by atoms with Gasteiger partial charge in [0.15, 0.2) is 5.82 Å². The van der Waals surface area contributed by atoms with Gasteiger partial charge in [-0.25, -0.2) is 4.98 Å². The quantitative estimate of drug-likeness (QED) is 0.834. The van der Waals surface area contributed by atoms with Crippen molar-refractivity contribution in [1.29, 1.82) is 0 Å². The molecular weight excluding hydrogens is 224 g/mol. The van der Waals surface area contributed by atoms with E-state index in [1.54, 1.807) is 0 Å². The summed E-state index contributed by atoms with van der Waals surface area (Å²) >= 11 is 6.01. The number of anilines is 2. The molecule has 2 rings (SSSR count). The van der Waals surface area contributed by atoms with E-state index < -0.39 is 0 Å². The minimum Gasteiger partial charge on any atom is -0.368 e. The van der Waals surface area contributed by atoms with Crippen molar-refractivity contribution in [2.24, 2.45) is 10.8 Å². The van der Waals surface area contributed by atoms with Gasteiger partial charge in [0.1, 0.15) is 5.02 Å². The lowest BCUT2D eigenvalue weighted by molar-refractivity contribution is 0.457. The summed E-state index contributed by atoms with van der Waals surface area (Å²) in [5, 5.41) is 3.85. The van der Waals surface area contributed by atoms with E-state index in [1.807, 2.05) is 0 Å². The predicted molar refractivity (Wildman–Crippen MR) is 66.4 cm³/mol. The maximum absolute atomic E-state index is 6.01. The van der Waals surface area contributed by atoms with Crippen LogP contribution in [-0.2, 0) is 0 Å². The van der Waals surface area contributed by atoms with Crippen LogP contribution in [0, 0.1) is 10.8 Å². The van der Waals surface area contributed by atoms with Gasteiger partial charge in [0.25, 0.3) is 0 Å². The van der Waals surface area contributed by atoms with Gasteiger partial charge in [-0.15, -0.1) is 0 Å². The Morgan fingerprint density at radius 3 is 2.38 bits per heavy atom. The van der Waals surface area contributed by atoms with Crippen molar-refractivity contribution in [3.05, 3.63) is 11.2 Å². The highest BCUT2D eigenvalue weighted by molar-refractivity contribution is 6.32. The van der Waals surface area contributed by atoms with Gasteiger partial charge in [-0.1, -0.05) is 39.3 Å². The van der Waals surface area contributed by atoms with E-state index in [0.717, 1.165) is 0 Å². The number of aromatic nitrogens is 2. The number of rotatable bonds is 2. The van der Waals surface area contributed by atoms with Gasteiger partial charge in [0.05, 0.1) is 6.20 Å². The monoisotopic (exact) mass is 240 g/mol. The van der Waals surface area contributed by atoms with E-state index in [-0.39, 0.29) is 16.8 Å². The zero-order valence-corrected chi connectivity index (χ0v) is 10.8. The first kappa shape index (κ1) is 11.5. The molecular formula is C11H17ClN4. The third-order valence-corrected chi connectivity index (χ3v) is 4.34. The van der Waals surface area contributed by atoms with Crippen LogP contribution in [0.3, 0.4) is 0 Å². The van der Waals surface area contributed by atoms with E-state index >= 15 is 0 Å². The summed E-state index contributed by atoms with van der Waals surface area (Å²) in [7, 11) is 0. The highest BCUT2D eigenvalue weighted by atomic mass is 35.5. The molecule has 5 heteroatoms. The first-order valence-electron chi connectivity index (χ1n) is 5.31. The Morgan fingerprint density at radius 1 is 1.31 bits per heavy atom. The molecule has 1 fully saturated rings. The van der Waals surface area contributed by atoms with Gasteiger partial charge in [0.2, 0.25) is 5.95 Å². The molecule has 0 amide bonds. The molecule has 3 N–H and O–H groups in total. The highest BCUT2D eigenvalue weighted by Crippen LogP contribution is 2.63. The van der Waals surface area contributed by atoms with E-state index in [4.69, 9.17) is 17.3 Å². The highest BCUT2D eigenvalue weighted by Gasteiger charge is 2.65. The molecule has 0 aliphatic heterocycles. The maximum atomic E-state index is 6.01. The number of nitrogens with zero attached hydrogens (tertiary/aromatic N) is 2. The molecule has 1 aromatic rings. The zero-order chi connectivity index (χ0) is 12.1. The van der Waals surface area contributed by atoms with E-state index in [1.165, 1.54) is 6.20 Å². The van der Waals surface area contributed by atoms with Crippen LogP contribution >= 0.6 is 11.6 Å². The summed E-state index contributed by atoms with van der Waals surface area (Å²) in [5.74, 6) is 0.862. The van der Waals surface area contributed by atoms with Gasteiger partial charge in [-0.2, -0.15) is 4.98 Å². The first-order chi connectivity index (χ1) is 7.26. The number of hydrogen-bond donors (Lipinski definition) is 2. The van der Waals surface area contributed by atoms with Crippen LogP contribution in [0.25, 0.3) is 0 Å². The number of halogens is 1. The molecule has 4 nitrogen and oxygen atoms in total. The van der Waals surface area contributed by atoms with Crippen LogP contribution in [0.1, 0.15) is 27.7 Å². The summed E-state index contributed by atoms with van der Waals surface area (Å²) < 4.78 is 0. The number of nitrogen functional groups attached to an aromatic ring is 1. The van der Waals surface area contributed by atoms with Gasteiger partial charge >= 0.3 is 0 Å². The smallest absolute Gasteiger partial charge is 0.222 e. The van der Waals surface area contributed by atoms with E-state index in [0.29, 0.717) is 16.9 Å². The van der Waals surface area contributed by atoms with Crippen LogP contribution in [0.15, 0.2) is 6.20 Å². The fourth-order valence-corrected chi connectivity index (χ4v) is 2.32. The van der Waals surface area contributed by atoms with E-state index in [2.05, 4.69) is 43.0 Å². The molecule has 0 saturated heterocycles. The van der Waals surface area contributed by atoms with Crippen molar-refractivity contribution in [3.8, 4) is 0 Å². The normalized spacial score (nSPS) is 21.8. The molecule has 0 aromatic carbocycles. The summed E-state index contributed by atoms with van der Waals surface area (Å²) in [6, 6.07) is 0.354. The Kier molecular flexibility index (Phi) is 2.31. The fourth-order valence-electron chi connectivity index (χ4n) is 2.18.